The standard InChI is InChI=1S/C10H13FN2O2/c1-7(10(14)13(2)3)15-8-5-4-6-12-9(8)11/h4-7H,1-3H3. The van der Waals surface area contributed by atoms with E-state index in [1.807, 2.05) is 0 Å². The number of carbonyl (C=O) groups excluding carboxylic acids is 1. The predicted molar refractivity (Wildman–Crippen MR) is 53.0 cm³/mol. The largest absolute Gasteiger partial charge is 0.476 e. The molecule has 1 rings (SSSR count). The summed E-state index contributed by atoms with van der Waals surface area (Å²) in [6.07, 6.45) is 0.597. The Morgan fingerprint density at radius 3 is 2.80 bits per heavy atom. The van der Waals surface area contributed by atoms with E-state index < -0.39 is 12.1 Å². The van der Waals surface area contributed by atoms with E-state index in [-0.39, 0.29) is 11.7 Å². The van der Waals surface area contributed by atoms with E-state index >= 15 is 0 Å². The first-order chi connectivity index (χ1) is 7.02. The van der Waals surface area contributed by atoms with Crippen LogP contribution in [0.1, 0.15) is 6.92 Å². The number of hydrogen-bond acceptors (Lipinski definition) is 3. The molecule has 0 aliphatic heterocycles. The third-order valence-corrected chi connectivity index (χ3v) is 1.82. The van der Waals surface area contributed by atoms with E-state index in [1.165, 1.54) is 17.2 Å². The molecule has 0 aromatic carbocycles. The smallest absolute Gasteiger partial charge is 0.262 e. The van der Waals surface area contributed by atoms with Gasteiger partial charge < -0.3 is 9.64 Å². The van der Waals surface area contributed by atoms with Gasteiger partial charge in [0, 0.05) is 20.3 Å². The van der Waals surface area contributed by atoms with E-state index in [4.69, 9.17) is 4.74 Å². The molecule has 1 unspecified atom stereocenters. The maximum Gasteiger partial charge on any atom is 0.262 e. The molecule has 0 fully saturated rings. The van der Waals surface area contributed by atoms with Crippen LogP contribution in [0.5, 0.6) is 5.75 Å². The van der Waals surface area contributed by atoms with Crippen LogP contribution in [0, 0.1) is 5.95 Å². The summed E-state index contributed by atoms with van der Waals surface area (Å²) in [5.41, 5.74) is 0. The Morgan fingerprint density at radius 1 is 1.60 bits per heavy atom. The number of nitrogens with zero attached hydrogens (tertiary/aromatic N) is 2. The van der Waals surface area contributed by atoms with Crippen LogP contribution in [0.4, 0.5) is 4.39 Å². The fourth-order valence-corrected chi connectivity index (χ4v) is 1.06. The van der Waals surface area contributed by atoms with Gasteiger partial charge in [-0.2, -0.15) is 4.39 Å². The summed E-state index contributed by atoms with van der Waals surface area (Å²) in [5.74, 6) is -0.950. The van der Waals surface area contributed by atoms with Gasteiger partial charge in [-0.1, -0.05) is 0 Å². The number of aromatic nitrogens is 1. The van der Waals surface area contributed by atoms with Crippen molar-refractivity contribution in [1.29, 1.82) is 0 Å². The molecule has 0 bridgehead atoms. The summed E-state index contributed by atoms with van der Waals surface area (Å²) < 4.78 is 18.2. The number of pyridine rings is 1. The zero-order chi connectivity index (χ0) is 11.4. The Hall–Kier alpha value is -1.65. The summed E-state index contributed by atoms with van der Waals surface area (Å²) in [5, 5.41) is 0. The molecule has 1 aromatic heterocycles. The van der Waals surface area contributed by atoms with Crippen LogP contribution in [0.3, 0.4) is 0 Å². The minimum Gasteiger partial charge on any atom is -0.476 e. The van der Waals surface area contributed by atoms with E-state index in [0.29, 0.717) is 0 Å². The molecule has 0 saturated heterocycles. The quantitative estimate of drug-likeness (QED) is 0.704. The number of amides is 1. The van der Waals surface area contributed by atoms with E-state index in [0.717, 1.165) is 0 Å². The average Bonchev–Trinajstić information content (AvgIpc) is 2.20. The number of halogens is 1. The van der Waals surface area contributed by atoms with E-state index in [1.54, 1.807) is 27.1 Å². The average molecular weight is 212 g/mol. The summed E-state index contributed by atoms with van der Waals surface area (Å²) >= 11 is 0. The molecule has 0 radical (unpaired) electrons. The molecule has 82 valence electrons. The first-order valence-corrected chi connectivity index (χ1v) is 4.50. The zero-order valence-corrected chi connectivity index (χ0v) is 8.90. The van der Waals surface area contributed by atoms with Crippen molar-refractivity contribution in [2.45, 2.75) is 13.0 Å². The molecule has 0 saturated carbocycles. The molecule has 0 aliphatic rings. The topological polar surface area (TPSA) is 42.4 Å². The van der Waals surface area contributed by atoms with Gasteiger partial charge in [-0.05, 0) is 19.1 Å². The highest BCUT2D eigenvalue weighted by Gasteiger charge is 2.18. The van der Waals surface area contributed by atoms with Gasteiger partial charge in [0.25, 0.3) is 11.9 Å². The van der Waals surface area contributed by atoms with Crippen molar-refractivity contribution < 1.29 is 13.9 Å². The molecule has 0 aliphatic carbocycles. The molecule has 1 amide bonds. The Bertz CT molecular complexity index is 355. The predicted octanol–water partition coefficient (Wildman–Crippen LogP) is 1.08. The van der Waals surface area contributed by atoms with Crippen molar-refractivity contribution in [3.05, 3.63) is 24.3 Å². The van der Waals surface area contributed by atoms with Crippen molar-refractivity contribution in [1.82, 2.24) is 9.88 Å². The van der Waals surface area contributed by atoms with Gasteiger partial charge in [-0.25, -0.2) is 4.98 Å². The molecule has 0 spiro atoms. The lowest BCUT2D eigenvalue weighted by Crippen LogP contribution is -2.35. The highest BCUT2D eigenvalue weighted by atomic mass is 19.1. The monoisotopic (exact) mass is 212 g/mol. The minimum atomic E-state index is -0.723. The summed E-state index contributed by atoms with van der Waals surface area (Å²) in [6.45, 7) is 1.56. The van der Waals surface area contributed by atoms with Gasteiger partial charge in [0.05, 0.1) is 0 Å². The van der Waals surface area contributed by atoms with Crippen LogP contribution in [-0.4, -0.2) is 36.0 Å². The Morgan fingerprint density at radius 2 is 2.27 bits per heavy atom. The van der Waals surface area contributed by atoms with Crippen molar-refractivity contribution >= 4 is 5.91 Å². The number of hydrogen-bond donors (Lipinski definition) is 0. The van der Waals surface area contributed by atoms with Gasteiger partial charge in [-0.15, -0.1) is 0 Å². The lowest BCUT2D eigenvalue weighted by atomic mass is 10.3. The number of carbonyl (C=O) groups is 1. The zero-order valence-electron chi connectivity index (χ0n) is 8.90. The second-order valence-electron chi connectivity index (χ2n) is 3.29. The molecule has 4 nitrogen and oxygen atoms in total. The highest BCUT2D eigenvalue weighted by molar-refractivity contribution is 5.80. The van der Waals surface area contributed by atoms with Gasteiger partial charge >= 0.3 is 0 Å². The third-order valence-electron chi connectivity index (χ3n) is 1.82. The Balaban J connectivity index is 2.71. The summed E-state index contributed by atoms with van der Waals surface area (Å²) in [7, 11) is 3.23. The van der Waals surface area contributed by atoms with Crippen LogP contribution in [0.2, 0.25) is 0 Å². The number of likely N-dealkylation sites (N-methyl/N-ethyl adjacent to an activating group) is 1. The van der Waals surface area contributed by atoms with Gasteiger partial charge in [-0.3, -0.25) is 4.79 Å². The van der Waals surface area contributed by atoms with Gasteiger partial charge in [0.1, 0.15) is 0 Å². The SMILES string of the molecule is CC(Oc1cccnc1F)C(=O)N(C)C. The Labute approximate surface area is 87.7 Å². The third kappa shape index (κ3) is 2.90. The molecule has 15 heavy (non-hydrogen) atoms. The van der Waals surface area contributed by atoms with Crippen LogP contribution in [0.15, 0.2) is 18.3 Å². The van der Waals surface area contributed by atoms with Crippen molar-refractivity contribution in [2.75, 3.05) is 14.1 Å². The first-order valence-electron chi connectivity index (χ1n) is 4.50. The number of ether oxygens (including phenoxy) is 1. The molecular weight excluding hydrogens is 199 g/mol. The normalized spacial score (nSPS) is 12.0. The fourth-order valence-electron chi connectivity index (χ4n) is 1.06. The molecular formula is C10H13FN2O2. The first kappa shape index (κ1) is 11.4. The van der Waals surface area contributed by atoms with Crippen molar-refractivity contribution in [3.8, 4) is 5.75 Å². The molecule has 1 aromatic rings. The number of rotatable bonds is 3. The summed E-state index contributed by atoms with van der Waals surface area (Å²) in [4.78, 5) is 16.2. The maximum atomic E-state index is 13.1. The van der Waals surface area contributed by atoms with E-state index in [9.17, 15) is 9.18 Å². The molecule has 1 heterocycles. The van der Waals surface area contributed by atoms with Crippen LogP contribution < -0.4 is 4.74 Å². The second kappa shape index (κ2) is 4.72. The summed E-state index contributed by atoms with van der Waals surface area (Å²) in [6, 6.07) is 2.98. The van der Waals surface area contributed by atoms with Gasteiger partial charge in [0.15, 0.2) is 11.9 Å². The molecule has 5 heteroatoms. The lowest BCUT2D eigenvalue weighted by molar-refractivity contribution is -0.135. The molecule has 0 N–H and O–H groups in total. The van der Waals surface area contributed by atoms with Gasteiger partial charge in [0.2, 0.25) is 0 Å². The second-order valence-corrected chi connectivity index (χ2v) is 3.29. The van der Waals surface area contributed by atoms with Crippen LogP contribution >= 0.6 is 0 Å². The van der Waals surface area contributed by atoms with Crippen molar-refractivity contribution in [2.24, 2.45) is 0 Å². The van der Waals surface area contributed by atoms with E-state index in [2.05, 4.69) is 4.98 Å². The lowest BCUT2D eigenvalue weighted by Gasteiger charge is -2.18. The Kier molecular flexibility index (Phi) is 3.60. The molecule has 1 atom stereocenters. The highest BCUT2D eigenvalue weighted by Crippen LogP contribution is 2.15. The van der Waals surface area contributed by atoms with Crippen molar-refractivity contribution in [3.63, 3.8) is 0 Å². The maximum absolute atomic E-state index is 13.1. The fraction of sp³-hybridized carbons (Fsp3) is 0.400. The van der Waals surface area contributed by atoms with Crippen LogP contribution in [-0.2, 0) is 4.79 Å². The minimum absolute atomic E-state index is 0.0137. The van der Waals surface area contributed by atoms with Crippen LogP contribution in [0.25, 0.3) is 0 Å².